The van der Waals surface area contributed by atoms with E-state index >= 15 is 0 Å². The van der Waals surface area contributed by atoms with Crippen molar-refractivity contribution in [2.45, 2.75) is 44.9 Å². The zero-order valence-electron chi connectivity index (χ0n) is 13.5. The van der Waals surface area contributed by atoms with Gasteiger partial charge in [0.05, 0.1) is 19.8 Å². The van der Waals surface area contributed by atoms with Gasteiger partial charge in [0.2, 0.25) is 0 Å². The first-order valence-corrected chi connectivity index (χ1v) is 7.68. The molecule has 0 heterocycles. The predicted molar refractivity (Wildman–Crippen MR) is 83.8 cm³/mol. The number of methoxy groups -OCH3 is 2. The highest BCUT2D eigenvalue weighted by Crippen LogP contribution is 2.35. The van der Waals surface area contributed by atoms with Crippen LogP contribution in [0, 0.1) is 0 Å². The van der Waals surface area contributed by atoms with Gasteiger partial charge in [0.15, 0.2) is 0 Å². The van der Waals surface area contributed by atoms with Crippen LogP contribution in [0.5, 0.6) is 5.75 Å². The molecule has 1 aromatic rings. The number of hydrogen-bond donors (Lipinski definition) is 1. The van der Waals surface area contributed by atoms with E-state index < -0.39 is 6.10 Å². The Morgan fingerprint density at radius 3 is 2.71 bits per heavy atom. The Morgan fingerprint density at radius 2 is 2.10 bits per heavy atom. The minimum absolute atomic E-state index is 0.139. The van der Waals surface area contributed by atoms with Gasteiger partial charge in [0, 0.05) is 25.7 Å². The van der Waals surface area contributed by atoms with E-state index in [9.17, 15) is 5.11 Å². The van der Waals surface area contributed by atoms with Crippen molar-refractivity contribution in [2.24, 2.45) is 0 Å². The van der Waals surface area contributed by atoms with E-state index in [2.05, 4.69) is 24.8 Å². The van der Waals surface area contributed by atoms with Crippen molar-refractivity contribution in [1.29, 1.82) is 0 Å². The highest BCUT2D eigenvalue weighted by atomic mass is 16.5. The number of aliphatic hydroxyl groups is 1. The molecule has 1 aliphatic rings. The van der Waals surface area contributed by atoms with Crippen molar-refractivity contribution in [2.75, 3.05) is 27.4 Å². The summed E-state index contributed by atoms with van der Waals surface area (Å²) < 4.78 is 10.5. The van der Waals surface area contributed by atoms with Crippen LogP contribution in [0.4, 0.5) is 0 Å². The van der Waals surface area contributed by atoms with Gasteiger partial charge >= 0.3 is 0 Å². The lowest BCUT2D eigenvalue weighted by Gasteiger charge is -2.41. The van der Waals surface area contributed by atoms with Gasteiger partial charge in [-0.2, -0.15) is 0 Å². The van der Waals surface area contributed by atoms with Gasteiger partial charge in [-0.25, -0.2) is 0 Å². The molecule has 0 saturated heterocycles. The van der Waals surface area contributed by atoms with Crippen LogP contribution in [0.25, 0.3) is 0 Å². The first-order chi connectivity index (χ1) is 10.1. The minimum Gasteiger partial charge on any atom is -0.497 e. The molecule has 0 saturated carbocycles. The molecule has 1 aliphatic carbocycles. The number of aryl methyl sites for hydroxylation is 1. The third kappa shape index (κ3) is 3.57. The molecule has 0 bridgehead atoms. The third-order valence-electron chi connectivity index (χ3n) is 4.39. The Balaban J connectivity index is 2.22. The first-order valence-electron chi connectivity index (χ1n) is 7.68. The second-order valence-electron chi connectivity index (χ2n) is 5.94. The van der Waals surface area contributed by atoms with E-state index in [1.165, 1.54) is 5.56 Å². The van der Waals surface area contributed by atoms with E-state index in [0.29, 0.717) is 12.6 Å². The molecular weight excluding hydrogens is 266 g/mol. The molecule has 0 radical (unpaired) electrons. The van der Waals surface area contributed by atoms with Crippen LogP contribution in [-0.2, 0) is 11.2 Å². The Bertz CT molecular complexity index is 461. The molecule has 1 aromatic carbocycles. The van der Waals surface area contributed by atoms with E-state index in [1.54, 1.807) is 14.2 Å². The van der Waals surface area contributed by atoms with Crippen LogP contribution >= 0.6 is 0 Å². The fraction of sp³-hybridized carbons (Fsp3) is 0.647. The summed E-state index contributed by atoms with van der Waals surface area (Å²) >= 11 is 0. The quantitative estimate of drug-likeness (QED) is 0.874. The zero-order valence-corrected chi connectivity index (χ0v) is 13.5. The standard InChI is InChI=1S/C17H27NO3/c1-12(2)18(9-10-20-3)16-8-6-13-5-7-14(21-4)11-15(13)17(16)19/h5,7,11-12,16-17,19H,6,8-10H2,1-4H3. The van der Waals surface area contributed by atoms with Gasteiger partial charge in [-0.05, 0) is 49.9 Å². The molecule has 1 N–H and O–H groups in total. The summed E-state index contributed by atoms with van der Waals surface area (Å²) in [6.45, 7) is 5.87. The number of fused-ring (bicyclic) bond motifs is 1. The normalized spacial score (nSPS) is 21.7. The van der Waals surface area contributed by atoms with Crippen molar-refractivity contribution in [1.82, 2.24) is 4.90 Å². The fourth-order valence-electron chi connectivity index (χ4n) is 3.22. The van der Waals surface area contributed by atoms with Crippen molar-refractivity contribution < 1.29 is 14.6 Å². The van der Waals surface area contributed by atoms with Crippen LogP contribution in [-0.4, -0.2) is 49.5 Å². The topological polar surface area (TPSA) is 41.9 Å². The van der Waals surface area contributed by atoms with E-state index in [1.807, 2.05) is 12.1 Å². The second-order valence-corrected chi connectivity index (χ2v) is 5.94. The number of rotatable bonds is 6. The molecule has 2 unspecified atom stereocenters. The van der Waals surface area contributed by atoms with Gasteiger partial charge in [0.25, 0.3) is 0 Å². The Labute approximate surface area is 127 Å². The van der Waals surface area contributed by atoms with E-state index in [-0.39, 0.29) is 6.04 Å². The maximum absolute atomic E-state index is 10.8. The molecule has 0 spiro atoms. The lowest BCUT2D eigenvalue weighted by molar-refractivity contribution is 0.00615. The molecule has 21 heavy (non-hydrogen) atoms. The van der Waals surface area contributed by atoms with Gasteiger partial charge in [0.1, 0.15) is 5.75 Å². The maximum Gasteiger partial charge on any atom is 0.119 e. The van der Waals surface area contributed by atoms with Crippen molar-refractivity contribution in [3.05, 3.63) is 29.3 Å². The number of benzene rings is 1. The zero-order chi connectivity index (χ0) is 15.4. The number of hydrogen-bond acceptors (Lipinski definition) is 4. The van der Waals surface area contributed by atoms with Gasteiger partial charge in [-0.15, -0.1) is 0 Å². The molecule has 118 valence electrons. The first kappa shape index (κ1) is 16.3. The molecule has 4 nitrogen and oxygen atoms in total. The SMILES string of the molecule is COCCN(C(C)C)C1CCc2ccc(OC)cc2C1O. The van der Waals surface area contributed by atoms with Crippen LogP contribution in [0.2, 0.25) is 0 Å². The van der Waals surface area contributed by atoms with Crippen molar-refractivity contribution in [3.8, 4) is 5.75 Å². The van der Waals surface area contributed by atoms with Gasteiger partial charge in [-0.1, -0.05) is 6.07 Å². The summed E-state index contributed by atoms with van der Waals surface area (Å²) in [6, 6.07) is 6.53. The third-order valence-corrected chi connectivity index (χ3v) is 4.39. The Kier molecular flexibility index (Phi) is 5.62. The lowest BCUT2D eigenvalue weighted by atomic mass is 9.84. The molecule has 2 rings (SSSR count). The molecular formula is C17H27NO3. The Morgan fingerprint density at radius 1 is 1.33 bits per heavy atom. The summed E-state index contributed by atoms with van der Waals surface area (Å²) in [5, 5.41) is 10.8. The Hall–Kier alpha value is -1.10. The van der Waals surface area contributed by atoms with E-state index in [4.69, 9.17) is 9.47 Å². The lowest BCUT2D eigenvalue weighted by Crippen LogP contribution is -2.47. The van der Waals surface area contributed by atoms with Gasteiger partial charge < -0.3 is 14.6 Å². The fourth-order valence-corrected chi connectivity index (χ4v) is 3.22. The van der Waals surface area contributed by atoms with E-state index in [0.717, 1.165) is 30.7 Å². The summed E-state index contributed by atoms with van der Waals surface area (Å²) in [5.74, 6) is 0.807. The highest BCUT2D eigenvalue weighted by Gasteiger charge is 2.33. The maximum atomic E-state index is 10.8. The van der Waals surface area contributed by atoms with Crippen LogP contribution in [0.15, 0.2) is 18.2 Å². The number of nitrogens with zero attached hydrogens (tertiary/aromatic N) is 1. The highest BCUT2D eigenvalue weighted by molar-refractivity contribution is 5.39. The van der Waals surface area contributed by atoms with Crippen LogP contribution in [0.1, 0.15) is 37.5 Å². The monoisotopic (exact) mass is 293 g/mol. The van der Waals surface area contributed by atoms with Crippen molar-refractivity contribution >= 4 is 0 Å². The summed E-state index contributed by atoms with van der Waals surface area (Å²) in [4.78, 5) is 2.34. The smallest absolute Gasteiger partial charge is 0.119 e. The molecule has 4 heteroatoms. The van der Waals surface area contributed by atoms with Crippen LogP contribution in [0.3, 0.4) is 0 Å². The molecule has 0 amide bonds. The summed E-state index contributed by atoms with van der Waals surface area (Å²) in [7, 11) is 3.38. The second kappa shape index (κ2) is 7.25. The van der Waals surface area contributed by atoms with Crippen LogP contribution < -0.4 is 4.74 Å². The van der Waals surface area contributed by atoms with Gasteiger partial charge in [-0.3, -0.25) is 4.90 Å². The largest absolute Gasteiger partial charge is 0.497 e. The minimum atomic E-state index is -0.469. The number of aliphatic hydroxyl groups excluding tert-OH is 1. The molecule has 0 aliphatic heterocycles. The molecule has 0 fully saturated rings. The average Bonchev–Trinajstić information content (AvgIpc) is 2.49. The number of ether oxygens (including phenoxy) is 2. The average molecular weight is 293 g/mol. The molecule has 2 atom stereocenters. The summed E-state index contributed by atoms with van der Waals surface area (Å²) in [6.07, 6.45) is 1.50. The molecule has 0 aromatic heterocycles. The van der Waals surface area contributed by atoms with Crippen molar-refractivity contribution in [3.63, 3.8) is 0 Å². The predicted octanol–water partition coefficient (Wildman–Crippen LogP) is 2.40. The summed E-state index contributed by atoms with van der Waals surface area (Å²) in [5.41, 5.74) is 2.24.